The molecule has 20 heavy (non-hydrogen) atoms. The zero-order valence-electron chi connectivity index (χ0n) is 11.1. The normalized spacial score (nSPS) is 9.60. The van der Waals surface area contributed by atoms with Crippen molar-refractivity contribution in [2.24, 2.45) is 0 Å². The Labute approximate surface area is 118 Å². The van der Waals surface area contributed by atoms with Gasteiger partial charge in [0.2, 0.25) is 0 Å². The lowest BCUT2D eigenvalue weighted by Crippen LogP contribution is -2.19. The highest BCUT2D eigenvalue weighted by molar-refractivity contribution is 5.99. The molecule has 2 amide bonds. The Hall–Kier alpha value is -2.81. The maximum atomic E-state index is 11.8. The van der Waals surface area contributed by atoms with E-state index in [1.165, 1.54) is 0 Å². The molecule has 2 aromatic carbocycles. The Morgan fingerprint density at radius 2 is 1.10 bits per heavy atom. The fraction of sp³-hybridized carbons (Fsp3) is 0. The van der Waals surface area contributed by atoms with Crippen LogP contribution in [0.15, 0.2) is 61.7 Å². The van der Waals surface area contributed by atoms with E-state index in [4.69, 9.17) is 0 Å². The van der Waals surface area contributed by atoms with Gasteiger partial charge < -0.3 is 10.6 Å². The highest BCUT2D eigenvalue weighted by atomic mass is 16.2. The number of nitrogens with one attached hydrogen (secondary N) is 2. The number of rotatable bonds is 4. The van der Waals surface area contributed by atoms with Crippen molar-refractivity contribution in [3.8, 4) is 0 Å². The highest BCUT2D eigenvalue weighted by Gasteiger charge is 2.02. The van der Waals surface area contributed by atoms with Gasteiger partial charge in [0.15, 0.2) is 0 Å². The number of hydrogen-bond donors (Lipinski definition) is 2. The van der Waals surface area contributed by atoms with Crippen LogP contribution < -0.4 is 10.6 Å². The maximum absolute atomic E-state index is 11.8. The molecular formula is C17H16N2O. The molecule has 2 rings (SSSR count). The third-order valence-corrected chi connectivity index (χ3v) is 2.81. The molecule has 0 spiro atoms. The average molecular weight is 264 g/mol. The van der Waals surface area contributed by atoms with Gasteiger partial charge in [-0.25, -0.2) is 4.79 Å². The zero-order valence-corrected chi connectivity index (χ0v) is 11.1. The molecule has 0 unspecified atom stereocenters. The number of hydrogen-bond acceptors (Lipinski definition) is 1. The Kier molecular flexibility index (Phi) is 4.35. The topological polar surface area (TPSA) is 41.1 Å². The van der Waals surface area contributed by atoms with Crippen LogP contribution in [0.1, 0.15) is 11.1 Å². The van der Waals surface area contributed by atoms with E-state index in [0.29, 0.717) is 0 Å². The first-order valence-corrected chi connectivity index (χ1v) is 6.24. The lowest BCUT2D eigenvalue weighted by atomic mass is 10.2. The third kappa shape index (κ3) is 3.59. The minimum absolute atomic E-state index is 0.275. The van der Waals surface area contributed by atoms with Crippen LogP contribution >= 0.6 is 0 Å². The molecule has 0 heterocycles. The zero-order chi connectivity index (χ0) is 14.4. The molecule has 0 aromatic heterocycles. The first kappa shape index (κ1) is 13.6. The first-order valence-electron chi connectivity index (χ1n) is 6.24. The van der Waals surface area contributed by atoms with Crippen LogP contribution in [0, 0.1) is 0 Å². The van der Waals surface area contributed by atoms with Crippen LogP contribution in [-0.4, -0.2) is 6.03 Å². The van der Waals surface area contributed by atoms with Gasteiger partial charge in [-0.2, -0.15) is 0 Å². The number of amides is 2. The molecule has 3 nitrogen and oxygen atoms in total. The second-order valence-electron chi connectivity index (χ2n) is 4.23. The standard InChI is InChI=1S/C17H16N2O/c1-3-13-5-9-15(10-6-13)18-17(20)19-16-11-7-14(4-2)8-12-16/h3-12H,1-2H2,(H2,18,19,20). The number of benzene rings is 2. The second kappa shape index (κ2) is 6.38. The van der Waals surface area contributed by atoms with E-state index in [1.807, 2.05) is 48.5 Å². The molecule has 2 aromatic rings. The van der Waals surface area contributed by atoms with Crippen LogP contribution in [0.2, 0.25) is 0 Å². The Bertz CT molecular complexity index is 557. The van der Waals surface area contributed by atoms with Crippen LogP contribution in [-0.2, 0) is 0 Å². The van der Waals surface area contributed by atoms with Crippen molar-refractivity contribution in [1.82, 2.24) is 0 Å². The Morgan fingerprint density at radius 1 is 0.750 bits per heavy atom. The monoisotopic (exact) mass is 264 g/mol. The molecule has 0 radical (unpaired) electrons. The maximum Gasteiger partial charge on any atom is 0.323 e. The summed E-state index contributed by atoms with van der Waals surface area (Å²) in [5, 5.41) is 5.53. The molecular weight excluding hydrogens is 248 g/mol. The van der Waals surface area contributed by atoms with Crippen LogP contribution in [0.25, 0.3) is 12.2 Å². The van der Waals surface area contributed by atoms with E-state index in [2.05, 4.69) is 23.8 Å². The van der Waals surface area contributed by atoms with Crippen molar-refractivity contribution in [3.63, 3.8) is 0 Å². The highest BCUT2D eigenvalue weighted by Crippen LogP contribution is 2.13. The lowest BCUT2D eigenvalue weighted by Gasteiger charge is -2.08. The molecule has 0 aliphatic carbocycles. The molecule has 100 valence electrons. The first-order chi connectivity index (χ1) is 9.71. The summed E-state index contributed by atoms with van der Waals surface area (Å²) in [6, 6.07) is 14.6. The summed E-state index contributed by atoms with van der Waals surface area (Å²) in [5.41, 5.74) is 3.48. The van der Waals surface area contributed by atoms with Crippen LogP contribution in [0.3, 0.4) is 0 Å². The predicted molar refractivity (Wildman–Crippen MR) is 85.7 cm³/mol. The number of anilines is 2. The van der Waals surface area contributed by atoms with E-state index >= 15 is 0 Å². The van der Waals surface area contributed by atoms with Crippen molar-refractivity contribution >= 4 is 29.6 Å². The van der Waals surface area contributed by atoms with E-state index in [0.717, 1.165) is 22.5 Å². The minimum Gasteiger partial charge on any atom is -0.308 e. The van der Waals surface area contributed by atoms with Crippen molar-refractivity contribution in [1.29, 1.82) is 0 Å². The molecule has 0 fully saturated rings. The predicted octanol–water partition coefficient (Wildman–Crippen LogP) is 4.62. The summed E-state index contributed by atoms with van der Waals surface area (Å²) in [6.45, 7) is 7.37. The quantitative estimate of drug-likeness (QED) is 0.831. The summed E-state index contributed by atoms with van der Waals surface area (Å²) in [6.07, 6.45) is 3.51. The molecule has 3 heteroatoms. The summed E-state index contributed by atoms with van der Waals surface area (Å²) in [5.74, 6) is 0. The lowest BCUT2D eigenvalue weighted by molar-refractivity contribution is 0.262. The molecule has 2 N–H and O–H groups in total. The molecule has 0 aliphatic rings. The van der Waals surface area contributed by atoms with E-state index in [1.54, 1.807) is 12.2 Å². The van der Waals surface area contributed by atoms with Gasteiger partial charge in [-0.15, -0.1) is 0 Å². The molecule has 0 aliphatic heterocycles. The molecule has 0 bridgehead atoms. The second-order valence-corrected chi connectivity index (χ2v) is 4.23. The Morgan fingerprint density at radius 3 is 1.40 bits per heavy atom. The van der Waals surface area contributed by atoms with Gasteiger partial charge in [-0.3, -0.25) is 0 Å². The fourth-order valence-corrected chi connectivity index (χ4v) is 1.70. The summed E-state index contributed by atoms with van der Waals surface area (Å²) in [7, 11) is 0. The largest absolute Gasteiger partial charge is 0.323 e. The van der Waals surface area contributed by atoms with E-state index in [-0.39, 0.29) is 6.03 Å². The molecule has 0 atom stereocenters. The average Bonchev–Trinajstić information content (AvgIpc) is 2.49. The number of carbonyl (C=O) groups is 1. The van der Waals surface area contributed by atoms with Crippen molar-refractivity contribution in [2.45, 2.75) is 0 Å². The van der Waals surface area contributed by atoms with E-state index < -0.39 is 0 Å². The summed E-state index contributed by atoms with van der Waals surface area (Å²) >= 11 is 0. The van der Waals surface area contributed by atoms with Gasteiger partial charge in [0, 0.05) is 11.4 Å². The van der Waals surface area contributed by atoms with E-state index in [9.17, 15) is 4.79 Å². The summed E-state index contributed by atoms with van der Waals surface area (Å²) < 4.78 is 0. The fourth-order valence-electron chi connectivity index (χ4n) is 1.70. The van der Waals surface area contributed by atoms with Gasteiger partial charge in [0.1, 0.15) is 0 Å². The third-order valence-electron chi connectivity index (χ3n) is 2.81. The van der Waals surface area contributed by atoms with Gasteiger partial charge in [-0.1, -0.05) is 49.6 Å². The van der Waals surface area contributed by atoms with Gasteiger partial charge in [-0.05, 0) is 35.4 Å². The van der Waals surface area contributed by atoms with Crippen molar-refractivity contribution in [3.05, 3.63) is 72.8 Å². The SMILES string of the molecule is C=Cc1ccc(NC(=O)Nc2ccc(C=C)cc2)cc1. The number of urea groups is 1. The Balaban J connectivity index is 1.96. The number of carbonyl (C=O) groups excluding carboxylic acids is 1. The van der Waals surface area contributed by atoms with Gasteiger partial charge >= 0.3 is 6.03 Å². The van der Waals surface area contributed by atoms with Crippen molar-refractivity contribution in [2.75, 3.05) is 10.6 Å². The van der Waals surface area contributed by atoms with Gasteiger partial charge in [0.05, 0.1) is 0 Å². The van der Waals surface area contributed by atoms with Crippen molar-refractivity contribution < 1.29 is 4.79 Å². The molecule has 0 saturated heterocycles. The summed E-state index contributed by atoms with van der Waals surface area (Å²) in [4.78, 5) is 11.8. The van der Waals surface area contributed by atoms with Crippen LogP contribution in [0.4, 0.5) is 16.2 Å². The van der Waals surface area contributed by atoms with Crippen LogP contribution in [0.5, 0.6) is 0 Å². The smallest absolute Gasteiger partial charge is 0.308 e. The molecule has 0 saturated carbocycles. The van der Waals surface area contributed by atoms with Gasteiger partial charge in [0.25, 0.3) is 0 Å². The minimum atomic E-state index is -0.275.